The maximum absolute atomic E-state index is 10.3. The number of amides is 1. The van der Waals surface area contributed by atoms with Gasteiger partial charge in [0.25, 0.3) is 5.91 Å². The maximum Gasteiger partial charge on any atom is 0.283 e. The lowest BCUT2D eigenvalue weighted by molar-refractivity contribution is -0.112. The highest BCUT2D eigenvalue weighted by Gasteiger charge is 2.04. The van der Waals surface area contributed by atoms with Crippen LogP contribution in [0.15, 0.2) is 0 Å². The van der Waals surface area contributed by atoms with Gasteiger partial charge in [-0.15, -0.1) is 0 Å². The fourth-order valence-corrected chi connectivity index (χ4v) is 0.610. The Kier molecular flexibility index (Phi) is 4.28. The number of rotatable bonds is 2. The van der Waals surface area contributed by atoms with Gasteiger partial charge in [-0.2, -0.15) is 12.6 Å². The van der Waals surface area contributed by atoms with Crippen molar-refractivity contribution >= 4 is 30.2 Å². The third-order valence-electron chi connectivity index (χ3n) is 0.884. The van der Waals surface area contributed by atoms with Crippen molar-refractivity contribution < 1.29 is 4.79 Å². The number of nitrogens with two attached hydrogens (primary N) is 1. The van der Waals surface area contributed by atoms with Gasteiger partial charge in [0.05, 0.1) is 5.84 Å². The van der Waals surface area contributed by atoms with Crippen molar-refractivity contribution in [3.63, 3.8) is 0 Å². The Morgan fingerprint density at radius 1 is 1.55 bits per heavy atom. The monoisotopic (exact) mass is 174 g/mol. The van der Waals surface area contributed by atoms with E-state index in [9.17, 15) is 4.79 Å². The van der Waals surface area contributed by atoms with Crippen molar-refractivity contribution in [2.75, 3.05) is 5.75 Å². The molecule has 0 aliphatic carbocycles. The minimum Gasteiger partial charge on any atom is -0.363 e. The number of hydrogen-bond donors (Lipinski definition) is 5. The fraction of sp³-hybridized carbons (Fsp3) is 0.400. The van der Waals surface area contributed by atoms with Gasteiger partial charge in [0, 0.05) is 6.42 Å². The molecule has 0 saturated carbocycles. The van der Waals surface area contributed by atoms with Gasteiger partial charge in [0.15, 0.2) is 5.84 Å². The Hall–Kier alpha value is -1.04. The normalized spacial score (nSPS) is 8.82. The van der Waals surface area contributed by atoms with E-state index in [0.717, 1.165) is 0 Å². The first-order valence-corrected chi connectivity index (χ1v) is 3.55. The van der Waals surface area contributed by atoms with Crippen LogP contribution in [0.4, 0.5) is 0 Å². The molecule has 0 saturated heterocycles. The fourth-order valence-electron chi connectivity index (χ4n) is 0.387. The van der Waals surface area contributed by atoms with Crippen LogP contribution in [0.25, 0.3) is 0 Å². The van der Waals surface area contributed by atoms with Crippen LogP contribution in [0.3, 0.4) is 0 Å². The number of thiol groups is 1. The van der Waals surface area contributed by atoms with Gasteiger partial charge >= 0.3 is 0 Å². The average Bonchev–Trinajstić information content (AvgIpc) is 1.87. The topological polar surface area (TPSA) is 103 Å². The smallest absolute Gasteiger partial charge is 0.283 e. The number of nitrogens with one attached hydrogen (secondary N) is 3. The number of primary amides is 1. The third-order valence-corrected chi connectivity index (χ3v) is 1.11. The summed E-state index contributed by atoms with van der Waals surface area (Å²) in [6, 6.07) is 0. The zero-order valence-corrected chi connectivity index (χ0v) is 6.74. The Morgan fingerprint density at radius 2 is 2.09 bits per heavy atom. The Bertz CT molecular complexity index is 191. The minimum atomic E-state index is -0.867. The lowest BCUT2D eigenvalue weighted by Crippen LogP contribution is -2.39. The van der Waals surface area contributed by atoms with Crippen LogP contribution in [0.2, 0.25) is 0 Å². The Morgan fingerprint density at radius 3 is 2.45 bits per heavy atom. The second-order valence-corrected chi connectivity index (χ2v) is 2.26. The molecule has 0 bridgehead atoms. The molecule has 0 aliphatic heterocycles. The van der Waals surface area contributed by atoms with Gasteiger partial charge < -0.3 is 11.1 Å². The second kappa shape index (κ2) is 4.73. The number of carbonyl (C=O) groups excluding carboxylic acids is 1. The van der Waals surface area contributed by atoms with Crippen molar-refractivity contribution in [2.45, 2.75) is 6.42 Å². The molecule has 0 radical (unpaired) electrons. The quantitative estimate of drug-likeness (QED) is 0.218. The lowest BCUT2D eigenvalue weighted by atomic mass is 10.4. The molecule has 0 atom stereocenters. The zero-order chi connectivity index (χ0) is 8.85. The SMILES string of the molecule is N=C(CCS)NC(=N)C(N)=O. The molecule has 0 aromatic carbocycles. The molecule has 0 aromatic heterocycles. The summed E-state index contributed by atoms with van der Waals surface area (Å²) in [7, 11) is 0. The van der Waals surface area contributed by atoms with E-state index in [1.54, 1.807) is 0 Å². The molecule has 0 unspecified atom stereocenters. The van der Waals surface area contributed by atoms with E-state index in [1.807, 2.05) is 0 Å². The van der Waals surface area contributed by atoms with E-state index in [1.165, 1.54) is 0 Å². The van der Waals surface area contributed by atoms with Crippen molar-refractivity contribution in [1.82, 2.24) is 5.32 Å². The van der Waals surface area contributed by atoms with E-state index in [2.05, 4.69) is 17.9 Å². The van der Waals surface area contributed by atoms with E-state index in [0.29, 0.717) is 12.2 Å². The Labute approximate surface area is 69.8 Å². The standard InChI is InChI=1S/C5H10N4OS/c6-3(1-2-11)9-4(7)5(8)10/h11H,1-2H2,(H2,8,10)(H3,6,7,9). The van der Waals surface area contributed by atoms with Crippen LogP contribution < -0.4 is 11.1 Å². The first kappa shape index (κ1) is 9.96. The number of carbonyl (C=O) groups is 1. The van der Waals surface area contributed by atoms with Crippen LogP contribution in [0.5, 0.6) is 0 Å². The van der Waals surface area contributed by atoms with Gasteiger partial charge in [0.2, 0.25) is 0 Å². The summed E-state index contributed by atoms with van der Waals surface area (Å²) in [5.41, 5.74) is 4.74. The van der Waals surface area contributed by atoms with E-state index in [4.69, 9.17) is 16.6 Å². The molecule has 1 amide bonds. The molecule has 11 heavy (non-hydrogen) atoms. The first-order chi connectivity index (χ1) is 5.07. The lowest BCUT2D eigenvalue weighted by Gasteiger charge is -2.03. The van der Waals surface area contributed by atoms with E-state index < -0.39 is 11.7 Å². The molecule has 62 valence electrons. The molecular weight excluding hydrogens is 164 g/mol. The summed E-state index contributed by atoms with van der Waals surface area (Å²) in [5.74, 6) is -0.757. The molecule has 0 spiro atoms. The van der Waals surface area contributed by atoms with Gasteiger partial charge in [-0.05, 0) is 5.75 Å². The van der Waals surface area contributed by atoms with Crippen LogP contribution >= 0.6 is 12.6 Å². The summed E-state index contributed by atoms with van der Waals surface area (Å²) in [6.45, 7) is 0. The third kappa shape index (κ3) is 4.38. The molecule has 0 heterocycles. The molecule has 0 rings (SSSR count). The second-order valence-electron chi connectivity index (χ2n) is 1.82. The van der Waals surface area contributed by atoms with Gasteiger partial charge in [-0.25, -0.2) is 0 Å². The summed E-state index contributed by atoms with van der Waals surface area (Å²) in [5, 5.41) is 16.2. The van der Waals surface area contributed by atoms with Gasteiger partial charge in [-0.3, -0.25) is 15.6 Å². The molecule has 0 aliphatic rings. The van der Waals surface area contributed by atoms with E-state index >= 15 is 0 Å². The molecule has 5 nitrogen and oxygen atoms in total. The summed E-state index contributed by atoms with van der Waals surface area (Å²) in [4.78, 5) is 10.3. The highest BCUT2D eigenvalue weighted by Crippen LogP contribution is 1.83. The number of hydrogen-bond acceptors (Lipinski definition) is 4. The summed E-state index contributed by atoms with van der Waals surface area (Å²) in [6.07, 6.45) is 0.388. The summed E-state index contributed by atoms with van der Waals surface area (Å²) >= 11 is 3.87. The summed E-state index contributed by atoms with van der Waals surface area (Å²) < 4.78 is 0. The van der Waals surface area contributed by atoms with Crippen molar-refractivity contribution in [2.24, 2.45) is 5.73 Å². The highest BCUT2D eigenvalue weighted by atomic mass is 32.1. The molecule has 6 heteroatoms. The highest BCUT2D eigenvalue weighted by molar-refractivity contribution is 7.80. The van der Waals surface area contributed by atoms with Gasteiger partial charge in [-0.1, -0.05) is 0 Å². The van der Waals surface area contributed by atoms with Gasteiger partial charge in [0.1, 0.15) is 0 Å². The van der Waals surface area contributed by atoms with Crippen LogP contribution in [-0.4, -0.2) is 23.3 Å². The molecular formula is C5H10N4OS. The largest absolute Gasteiger partial charge is 0.363 e. The van der Waals surface area contributed by atoms with E-state index in [-0.39, 0.29) is 5.84 Å². The molecule has 5 N–H and O–H groups in total. The van der Waals surface area contributed by atoms with Crippen molar-refractivity contribution in [3.8, 4) is 0 Å². The predicted octanol–water partition coefficient (Wildman–Crippen LogP) is -0.664. The first-order valence-electron chi connectivity index (χ1n) is 2.91. The Balaban J connectivity index is 3.76. The van der Waals surface area contributed by atoms with Crippen LogP contribution in [-0.2, 0) is 4.79 Å². The zero-order valence-electron chi connectivity index (χ0n) is 5.85. The maximum atomic E-state index is 10.3. The molecule has 0 fully saturated rings. The average molecular weight is 174 g/mol. The van der Waals surface area contributed by atoms with Crippen LogP contribution in [0.1, 0.15) is 6.42 Å². The van der Waals surface area contributed by atoms with Crippen LogP contribution in [0, 0.1) is 10.8 Å². The predicted molar refractivity (Wildman–Crippen MR) is 46.3 cm³/mol. The minimum absolute atomic E-state index is 0.0730. The van der Waals surface area contributed by atoms with Crippen molar-refractivity contribution in [3.05, 3.63) is 0 Å². The van der Waals surface area contributed by atoms with Crippen molar-refractivity contribution in [1.29, 1.82) is 10.8 Å². The number of amidine groups is 2. The molecule has 0 aromatic rings.